The molecule has 90 valence electrons. The first-order valence-corrected chi connectivity index (χ1v) is 5.34. The lowest BCUT2D eigenvalue weighted by molar-refractivity contribution is -0.133. The number of aryl methyl sites for hydroxylation is 2. The number of nitrogens with zero attached hydrogens (tertiary/aromatic N) is 2. The fraction of sp³-hybridized carbons (Fsp3) is 0.636. The van der Waals surface area contributed by atoms with Crippen molar-refractivity contribution < 1.29 is 9.32 Å². The van der Waals surface area contributed by atoms with E-state index in [1.54, 1.807) is 11.9 Å². The van der Waals surface area contributed by atoms with Crippen molar-refractivity contribution in [2.24, 2.45) is 11.7 Å². The molecule has 0 aliphatic heterocycles. The third-order valence-electron chi connectivity index (χ3n) is 2.73. The average Bonchev–Trinajstić information content (AvgIpc) is 2.58. The summed E-state index contributed by atoms with van der Waals surface area (Å²) < 4.78 is 5.05. The zero-order valence-electron chi connectivity index (χ0n) is 10.3. The SMILES string of the molecule is Cc1noc(C)c1CN(C)C(=O)C(C)CN. The van der Waals surface area contributed by atoms with Crippen LogP contribution in [0.2, 0.25) is 0 Å². The van der Waals surface area contributed by atoms with Crippen LogP contribution in [0.4, 0.5) is 0 Å². The quantitative estimate of drug-likeness (QED) is 0.824. The van der Waals surface area contributed by atoms with Gasteiger partial charge in [-0.25, -0.2) is 0 Å². The first-order chi connectivity index (χ1) is 7.47. The van der Waals surface area contributed by atoms with Crippen molar-refractivity contribution in [3.05, 3.63) is 17.0 Å². The number of hydrogen-bond donors (Lipinski definition) is 1. The second-order valence-electron chi connectivity index (χ2n) is 4.13. The molecule has 0 fully saturated rings. The first kappa shape index (κ1) is 12.7. The molecule has 1 heterocycles. The fourth-order valence-corrected chi connectivity index (χ4v) is 1.52. The van der Waals surface area contributed by atoms with E-state index in [4.69, 9.17) is 10.3 Å². The van der Waals surface area contributed by atoms with Crippen LogP contribution in [0.25, 0.3) is 0 Å². The standard InChI is InChI=1S/C11H19N3O2/c1-7(5-12)11(15)14(4)6-10-8(2)13-16-9(10)3/h7H,5-6,12H2,1-4H3. The molecule has 0 spiro atoms. The number of rotatable bonds is 4. The van der Waals surface area contributed by atoms with Crippen LogP contribution in [0.3, 0.4) is 0 Å². The van der Waals surface area contributed by atoms with Crippen LogP contribution < -0.4 is 5.73 Å². The number of hydrogen-bond acceptors (Lipinski definition) is 4. The minimum atomic E-state index is -0.148. The Bertz CT molecular complexity index is 354. The molecular formula is C11H19N3O2. The largest absolute Gasteiger partial charge is 0.361 e. The lowest BCUT2D eigenvalue weighted by Crippen LogP contribution is -2.34. The van der Waals surface area contributed by atoms with E-state index in [-0.39, 0.29) is 11.8 Å². The van der Waals surface area contributed by atoms with E-state index < -0.39 is 0 Å². The summed E-state index contributed by atoms with van der Waals surface area (Å²) in [4.78, 5) is 13.5. The van der Waals surface area contributed by atoms with Gasteiger partial charge in [-0.3, -0.25) is 4.79 Å². The van der Waals surface area contributed by atoms with Crippen LogP contribution in [-0.2, 0) is 11.3 Å². The van der Waals surface area contributed by atoms with Gasteiger partial charge in [0.2, 0.25) is 5.91 Å². The summed E-state index contributed by atoms with van der Waals surface area (Å²) in [5, 5.41) is 3.86. The molecule has 5 nitrogen and oxygen atoms in total. The molecule has 1 rings (SSSR count). The second-order valence-corrected chi connectivity index (χ2v) is 4.13. The number of carbonyl (C=O) groups excluding carboxylic acids is 1. The van der Waals surface area contributed by atoms with Gasteiger partial charge in [0.25, 0.3) is 0 Å². The number of carbonyl (C=O) groups is 1. The van der Waals surface area contributed by atoms with Crippen molar-refractivity contribution in [2.45, 2.75) is 27.3 Å². The lowest BCUT2D eigenvalue weighted by atomic mass is 10.1. The van der Waals surface area contributed by atoms with Gasteiger partial charge in [0.15, 0.2) is 0 Å². The molecule has 0 saturated carbocycles. The van der Waals surface area contributed by atoms with E-state index in [2.05, 4.69) is 5.16 Å². The third kappa shape index (κ3) is 2.61. The highest BCUT2D eigenvalue weighted by molar-refractivity contribution is 5.78. The summed E-state index contributed by atoms with van der Waals surface area (Å²) in [6.45, 7) is 6.43. The van der Waals surface area contributed by atoms with Crippen molar-refractivity contribution in [1.29, 1.82) is 0 Å². The smallest absolute Gasteiger partial charge is 0.226 e. The van der Waals surface area contributed by atoms with Crippen molar-refractivity contribution in [3.8, 4) is 0 Å². The molecule has 16 heavy (non-hydrogen) atoms. The lowest BCUT2D eigenvalue weighted by Gasteiger charge is -2.20. The van der Waals surface area contributed by atoms with Crippen LogP contribution in [0, 0.1) is 19.8 Å². The van der Waals surface area contributed by atoms with E-state index in [0.717, 1.165) is 17.0 Å². The van der Waals surface area contributed by atoms with E-state index in [0.29, 0.717) is 13.1 Å². The topological polar surface area (TPSA) is 72.4 Å². The minimum absolute atomic E-state index is 0.0440. The molecular weight excluding hydrogens is 206 g/mol. The zero-order valence-corrected chi connectivity index (χ0v) is 10.3. The van der Waals surface area contributed by atoms with Crippen molar-refractivity contribution >= 4 is 5.91 Å². The Morgan fingerprint density at radius 2 is 2.19 bits per heavy atom. The number of amides is 1. The highest BCUT2D eigenvalue weighted by atomic mass is 16.5. The molecule has 1 amide bonds. The summed E-state index contributed by atoms with van der Waals surface area (Å²) in [6.07, 6.45) is 0. The predicted octanol–water partition coefficient (Wildman–Crippen LogP) is 0.845. The molecule has 0 radical (unpaired) electrons. The molecule has 1 aromatic rings. The first-order valence-electron chi connectivity index (χ1n) is 5.34. The summed E-state index contributed by atoms with van der Waals surface area (Å²) in [5.41, 5.74) is 7.27. The molecule has 1 unspecified atom stereocenters. The molecule has 1 atom stereocenters. The molecule has 0 aromatic carbocycles. The zero-order chi connectivity index (χ0) is 12.3. The van der Waals surface area contributed by atoms with E-state index in [9.17, 15) is 4.79 Å². The summed E-state index contributed by atoms with van der Waals surface area (Å²) in [6, 6.07) is 0. The van der Waals surface area contributed by atoms with Crippen LogP contribution in [0.1, 0.15) is 23.9 Å². The third-order valence-corrected chi connectivity index (χ3v) is 2.73. The fourth-order valence-electron chi connectivity index (χ4n) is 1.52. The molecule has 1 aromatic heterocycles. The summed E-state index contributed by atoms with van der Waals surface area (Å²) in [7, 11) is 1.76. The van der Waals surface area contributed by atoms with Gasteiger partial charge < -0.3 is 15.2 Å². The maximum atomic E-state index is 11.8. The Morgan fingerprint density at radius 3 is 2.62 bits per heavy atom. The van der Waals surface area contributed by atoms with Gasteiger partial charge in [-0.1, -0.05) is 12.1 Å². The van der Waals surface area contributed by atoms with Crippen molar-refractivity contribution in [3.63, 3.8) is 0 Å². The van der Waals surface area contributed by atoms with Crippen LogP contribution >= 0.6 is 0 Å². The Morgan fingerprint density at radius 1 is 1.56 bits per heavy atom. The molecule has 0 saturated heterocycles. The molecule has 0 bridgehead atoms. The molecule has 5 heteroatoms. The van der Waals surface area contributed by atoms with E-state index in [1.165, 1.54) is 0 Å². The molecule has 0 aliphatic rings. The van der Waals surface area contributed by atoms with Gasteiger partial charge >= 0.3 is 0 Å². The van der Waals surface area contributed by atoms with Crippen LogP contribution in [0.15, 0.2) is 4.52 Å². The highest BCUT2D eigenvalue weighted by Gasteiger charge is 2.19. The van der Waals surface area contributed by atoms with Crippen LogP contribution in [0.5, 0.6) is 0 Å². The molecule has 0 aliphatic carbocycles. The minimum Gasteiger partial charge on any atom is -0.361 e. The predicted molar refractivity (Wildman–Crippen MR) is 60.7 cm³/mol. The normalized spacial score (nSPS) is 12.6. The van der Waals surface area contributed by atoms with Gasteiger partial charge in [0.05, 0.1) is 12.2 Å². The van der Waals surface area contributed by atoms with Gasteiger partial charge in [0.1, 0.15) is 5.76 Å². The monoisotopic (exact) mass is 225 g/mol. The Labute approximate surface area is 95.6 Å². The summed E-state index contributed by atoms with van der Waals surface area (Å²) >= 11 is 0. The molecule has 2 N–H and O–H groups in total. The van der Waals surface area contributed by atoms with Crippen molar-refractivity contribution in [1.82, 2.24) is 10.1 Å². The second kappa shape index (κ2) is 5.12. The van der Waals surface area contributed by atoms with E-state index in [1.807, 2.05) is 20.8 Å². The number of aromatic nitrogens is 1. The Kier molecular flexibility index (Phi) is 4.06. The van der Waals surface area contributed by atoms with E-state index >= 15 is 0 Å². The Balaban J connectivity index is 2.71. The maximum absolute atomic E-state index is 11.8. The Hall–Kier alpha value is -1.36. The van der Waals surface area contributed by atoms with Crippen LogP contribution in [-0.4, -0.2) is 29.6 Å². The van der Waals surface area contributed by atoms with Gasteiger partial charge in [-0.05, 0) is 13.8 Å². The maximum Gasteiger partial charge on any atom is 0.226 e. The van der Waals surface area contributed by atoms with Gasteiger partial charge in [0, 0.05) is 25.1 Å². The van der Waals surface area contributed by atoms with Gasteiger partial charge in [-0.2, -0.15) is 0 Å². The number of nitrogens with two attached hydrogens (primary N) is 1. The average molecular weight is 225 g/mol. The highest BCUT2D eigenvalue weighted by Crippen LogP contribution is 2.15. The van der Waals surface area contributed by atoms with Crippen molar-refractivity contribution in [2.75, 3.05) is 13.6 Å². The summed E-state index contributed by atoms with van der Waals surface area (Å²) in [5.74, 6) is 0.658. The van der Waals surface area contributed by atoms with Gasteiger partial charge in [-0.15, -0.1) is 0 Å².